The Hall–Kier alpha value is -3.54. The van der Waals surface area contributed by atoms with Crippen LogP contribution in [-0.4, -0.2) is 14.3 Å². The number of rotatable bonds is 3. The first-order valence-corrected chi connectivity index (χ1v) is 8.02. The van der Waals surface area contributed by atoms with Crippen molar-refractivity contribution < 1.29 is 9.31 Å². The summed E-state index contributed by atoms with van der Waals surface area (Å²) in [4.78, 5) is 14.7. The van der Waals surface area contributed by atoms with E-state index in [2.05, 4.69) is 4.98 Å². The maximum absolute atomic E-state index is 13.1. The third-order valence-electron chi connectivity index (χ3n) is 4.45. The zero-order valence-corrected chi connectivity index (χ0v) is 13.9. The highest BCUT2D eigenvalue weighted by Gasteiger charge is 2.19. The molecular weight excluding hydrogens is 333 g/mol. The summed E-state index contributed by atoms with van der Waals surface area (Å²) in [6.45, 7) is 1.91. The van der Waals surface area contributed by atoms with E-state index in [1.165, 1.54) is 18.3 Å². The Labute approximate surface area is 148 Å². The first kappa shape index (κ1) is 16.0. The van der Waals surface area contributed by atoms with E-state index in [0.29, 0.717) is 5.56 Å². The zero-order valence-electron chi connectivity index (χ0n) is 13.9. The molecule has 3 aromatic heterocycles. The molecule has 0 radical (unpaired) electrons. The van der Waals surface area contributed by atoms with Crippen LogP contribution in [-0.2, 0) is 0 Å². The molecule has 0 amide bonds. The fourth-order valence-corrected chi connectivity index (χ4v) is 3.14. The minimum Gasteiger partial charge on any atom is -0.358 e. The van der Waals surface area contributed by atoms with Gasteiger partial charge < -0.3 is 14.5 Å². The summed E-state index contributed by atoms with van der Waals surface area (Å²) in [6.07, 6.45) is 3.36. The number of pyridine rings is 2. The number of hydrogen-bond donors (Lipinski definition) is 0. The maximum Gasteiger partial charge on any atom is 0.371 e. The van der Waals surface area contributed by atoms with Crippen molar-refractivity contribution in [1.29, 1.82) is 0 Å². The predicted molar refractivity (Wildman–Crippen MR) is 97.4 cm³/mol. The molecule has 0 unspecified atom stereocenters. The highest BCUT2D eigenvalue weighted by molar-refractivity contribution is 5.79. The molecule has 0 bridgehead atoms. The van der Waals surface area contributed by atoms with Gasteiger partial charge in [-0.15, -0.1) is 0 Å². The second-order valence-corrected chi connectivity index (χ2v) is 5.99. The Morgan fingerprint density at radius 1 is 1.04 bits per heavy atom. The number of halogens is 1. The Bertz CT molecular complexity index is 1130. The second kappa shape index (κ2) is 6.07. The van der Waals surface area contributed by atoms with Crippen LogP contribution in [0.25, 0.3) is 27.8 Å². The summed E-state index contributed by atoms with van der Waals surface area (Å²) < 4.78 is 15.1. The Balaban J connectivity index is 1.88. The lowest BCUT2D eigenvalue weighted by atomic mass is 10.1. The molecule has 0 fully saturated rings. The number of nitrogens with zero attached hydrogens (tertiary/aromatic N) is 3. The highest BCUT2D eigenvalue weighted by Crippen LogP contribution is 2.33. The van der Waals surface area contributed by atoms with Gasteiger partial charge in [0.15, 0.2) is 0 Å². The second-order valence-electron chi connectivity index (χ2n) is 5.99. The zero-order chi connectivity index (χ0) is 18.3. The van der Waals surface area contributed by atoms with Crippen LogP contribution in [0.4, 0.5) is 10.2 Å². The molecule has 6 heteroatoms. The van der Waals surface area contributed by atoms with Gasteiger partial charge in [0.05, 0.1) is 5.56 Å². The molecular formula is C20H14FN3O2. The van der Waals surface area contributed by atoms with Crippen molar-refractivity contribution in [1.82, 2.24) is 9.38 Å². The van der Waals surface area contributed by atoms with Crippen molar-refractivity contribution in [3.8, 4) is 22.3 Å². The van der Waals surface area contributed by atoms with Crippen LogP contribution >= 0.6 is 0 Å². The molecule has 0 atom stereocenters. The van der Waals surface area contributed by atoms with E-state index in [1.54, 1.807) is 24.3 Å². The third kappa shape index (κ3) is 2.61. The average Bonchev–Trinajstić information content (AvgIpc) is 2.98. The van der Waals surface area contributed by atoms with Gasteiger partial charge in [0.2, 0.25) is 0 Å². The van der Waals surface area contributed by atoms with Crippen LogP contribution < -0.4 is 0 Å². The summed E-state index contributed by atoms with van der Waals surface area (Å²) in [5.41, 5.74) is 4.88. The molecule has 0 saturated heterocycles. The first-order chi connectivity index (χ1) is 12.5. The van der Waals surface area contributed by atoms with E-state index < -0.39 is 4.92 Å². The molecule has 0 saturated carbocycles. The molecule has 0 spiro atoms. The van der Waals surface area contributed by atoms with Gasteiger partial charge in [-0.05, 0) is 64.4 Å². The number of benzene rings is 1. The maximum atomic E-state index is 13.1. The van der Waals surface area contributed by atoms with E-state index >= 15 is 0 Å². The molecule has 128 valence electrons. The molecule has 0 aliphatic heterocycles. The minimum absolute atomic E-state index is 0.162. The van der Waals surface area contributed by atoms with E-state index in [1.807, 2.05) is 35.7 Å². The van der Waals surface area contributed by atoms with Crippen molar-refractivity contribution in [2.24, 2.45) is 0 Å². The van der Waals surface area contributed by atoms with Gasteiger partial charge in [0.25, 0.3) is 0 Å². The lowest BCUT2D eigenvalue weighted by molar-refractivity contribution is -0.388. The minimum atomic E-state index is -0.471. The summed E-state index contributed by atoms with van der Waals surface area (Å²) in [5, 5.41) is 11.3. The molecule has 26 heavy (non-hydrogen) atoms. The topological polar surface area (TPSA) is 60.4 Å². The van der Waals surface area contributed by atoms with Crippen LogP contribution in [0.5, 0.6) is 0 Å². The third-order valence-corrected chi connectivity index (χ3v) is 4.45. The Morgan fingerprint density at radius 3 is 2.50 bits per heavy atom. The quantitative estimate of drug-likeness (QED) is 0.386. The summed E-state index contributed by atoms with van der Waals surface area (Å²) >= 11 is 0. The van der Waals surface area contributed by atoms with Gasteiger partial charge >= 0.3 is 5.82 Å². The number of aryl methyl sites for hydroxylation is 1. The molecule has 0 aliphatic carbocycles. The lowest BCUT2D eigenvalue weighted by Crippen LogP contribution is -1.95. The van der Waals surface area contributed by atoms with Gasteiger partial charge in [-0.2, -0.15) is 0 Å². The largest absolute Gasteiger partial charge is 0.371 e. The predicted octanol–water partition coefficient (Wildman–Crippen LogP) is 5.02. The number of hydrogen-bond acceptors (Lipinski definition) is 3. The molecule has 0 aliphatic rings. The molecule has 1 aromatic carbocycles. The fourth-order valence-electron chi connectivity index (χ4n) is 3.14. The van der Waals surface area contributed by atoms with Gasteiger partial charge in [0, 0.05) is 23.0 Å². The summed E-state index contributed by atoms with van der Waals surface area (Å²) in [5.74, 6) is -0.441. The molecule has 3 heterocycles. The van der Waals surface area contributed by atoms with E-state index in [4.69, 9.17) is 0 Å². The summed E-state index contributed by atoms with van der Waals surface area (Å²) in [7, 11) is 0. The van der Waals surface area contributed by atoms with E-state index in [9.17, 15) is 14.5 Å². The van der Waals surface area contributed by atoms with Crippen molar-refractivity contribution in [3.63, 3.8) is 0 Å². The number of nitro groups is 1. The lowest BCUT2D eigenvalue weighted by Gasteiger charge is -2.06. The van der Waals surface area contributed by atoms with E-state index in [0.717, 1.165) is 27.9 Å². The molecule has 4 aromatic rings. The standard InChI is InChI=1S/C20H14FN3O2/c1-13-19(18-3-2-10-22-20(18)24(25)26)11-17-9-6-15(12-23(13)17)14-4-7-16(21)8-5-14/h2-12H,1H3. The van der Waals surface area contributed by atoms with E-state index in [-0.39, 0.29) is 11.6 Å². The van der Waals surface area contributed by atoms with Crippen molar-refractivity contribution in [2.75, 3.05) is 0 Å². The molecule has 5 nitrogen and oxygen atoms in total. The normalized spacial score (nSPS) is 11.0. The van der Waals surface area contributed by atoms with Gasteiger partial charge in [-0.3, -0.25) is 0 Å². The Morgan fingerprint density at radius 2 is 1.77 bits per heavy atom. The molecule has 0 N–H and O–H groups in total. The number of aromatic nitrogens is 2. The van der Waals surface area contributed by atoms with Gasteiger partial charge in [0.1, 0.15) is 12.0 Å². The van der Waals surface area contributed by atoms with Crippen LogP contribution in [0, 0.1) is 22.9 Å². The van der Waals surface area contributed by atoms with Crippen molar-refractivity contribution in [3.05, 3.63) is 88.6 Å². The smallest absolute Gasteiger partial charge is 0.358 e. The monoisotopic (exact) mass is 347 g/mol. The molecule has 4 rings (SSSR count). The Kier molecular flexibility index (Phi) is 3.73. The SMILES string of the molecule is Cc1c(-c2cccnc2[N+](=O)[O-])cc2ccc(-c3ccc(F)cc3)cn12. The van der Waals surface area contributed by atoms with Crippen LogP contribution in [0.2, 0.25) is 0 Å². The number of fused-ring (bicyclic) bond motifs is 1. The fraction of sp³-hybridized carbons (Fsp3) is 0.0500. The first-order valence-electron chi connectivity index (χ1n) is 8.02. The highest BCUT2D eigenvalue weighted by atomic mass is 19.1. The van der Waals surface area contributed by atoms with Crippen LogP contribution in [0.15, 0.2) is 67.0 Å². The van der Waals surface area contributed by atoms with Crippen LogP contribution in [0.1, 0.15) is 5.69 Å². The van der Waals surface area contributed by atoms with Gasteiger partial charge in [-0.1, -0.05) is 18.2 Å². The van der Waals surface area contributed by atoms with Crippen molar-refractivity contribution >= 4 is 11.3 Å². The average molecular weight is 347 g/mol. The van der Waals surface area contributed by atoms with Gasteiger partial charge in [-0.25, -0.2) is 4.39 Å². The van der Waals surface area contributed by atoms with Crippen molar-refractivity contribution in [2.45, 2.75) is 6.92 Å². The van der Waals surface area contributed by atoms with Crippen LogP contribution in [0.3, 0.4) is 0 Å². The summed E-state index contributed by atoms with van der Waals surface area (Å²) in [6, 6.07) is 15.5.